The molecule has 0 aromatic rings. The Kier molecular flexibility index (Phi) is 51.8. The molecule has 0 aromatic carbocycles. The molecule has 32 valence electrons. The van der Waals surface area contributed by atoms with Gasteiger partial charge in [-0.05, 0) is 0 Å². The topological polar surface area (TPSA) is 71.4 Å². The maximum atomic E-state index is 7.68. The summed E-state index contributed by atoms with van der Waals surface area (Å²) in [7, 11) is 0. The molecule has 0 N–H and O–H groups in total. The summed E-state index contributed by atoms with van der Waals surface area (Å²) in [6.07, 6.45) is 0. The van der Waals surface area contributed by atoms with Gasteiger partial charge in [0.05, 0.1) is 0 Å². The molecule has 0 fully saturated rings. The van der Waals surface area contributed by atoms with Crippen LogP contribution in [0, 0.1) is 29.6 Å². The Hall–Kier alpha value is 0.392. The minimum Gasteiger partial charge on any atom is -0.512 e. The van der Waals surface area contributed by atoms with Gasteiger partial charge in [-0.25, -0.2) is 0 Å². The van der Waals surface area contributed by atoms with Crippen molar-refractivity contribution in [3.8, 4) is 7.26 Å². The molecule has 0 saturated carbocycles. The third-order valence-corrected chi connectivity index (χ3v) is 0.981. The first-order chi connectivity index (χ1) is 3.41. The number of hydrogen-bond donors (Lipinski definition) is 0. The standard InChI is InChI=1S/3CN.Na.Pb/c3*1-2;;/q;;-1;+1;. The maximum absolute atomic E-state index is 7.68. The first kappa shape index (κ1) is 15.8. The molecular weight excluding hydrogens is 308 g/mol. The fourth-order valence-corrected chi connectivity index (χ4v) is 0.219. The second-order valence-electron chi connectivity index (χ2n) is 0.349. The van der Waals surface area contributed by atoms with E-state index in [1.54, 1.807) is 0 Å². The molecule has 0 aliphatic carbocycles. The summed E-state index contributed by atoms with van der Waals surface area (Å²) < 4.78 is 3.70. The third-order valence-electron chi connectivity index (χ3n) is 0.112. The van der Waals surface area contributed by atoms with Gasteiger partial charge in [0.25, 0.3) is 0 Å². The molecule has 0 amide bonds. The van der Waals surface area contributed by atoms with Crippen LogP contribution in [0.5, 0.6) is 0 Å². The van der Waals surface area contributed by atoms with E-state index in [2.05, 4.69) is 0 Å². The average molecular weight is 308 g/mol. The predicted octanol–water partition coefficient (Wildman–Crippen LogP) is -3.25. The van der Waals surface area contributed by atoms with Crippen molar-refractivity contribution in [2.24, 2.45) is 0 Å². The molecule has 0 saturated heterocycles. The summed E-state index contributed by atoms with van der Waals surface area (Å²) >= 11 is -1.34. The van der Waals surface area contributed by atoms with Crippen molar-refractivity contribution in [2.45, 2.75) is 0 Å². The molecule has 0 heterocycles. The molecule has 0 aromatic heterocycles. The van der Waals surface area contributed by atoms with Gasteiger partial charge in [-0.15, -0.1) is 0 Å². The molecule has 0 atom stereocenters. The summed E-state index contributed by atoms with van der Waals surface area (Å²) in [6, 6.07) is 0. The predicted molar refractivity (Wildman–Crippen MR) is 21.9 cm³/mol. The van der Waals surface area contributed by atoms with Crippen LogP contribution >= 0.6 is 0 Å². The molecule has 0 aliphatic rings. The van der Waals surface area contributed by atoms with Gasteiger partial charge >= 0.3 is 71.6 Å². The fraction of sp³-hybridized carbons (Fsp3) is 0. The van der Waals surface area contributed by atoms with Crippen molar-refractivity contribution in [3.05, 3.63) is 6.57 Å². The number of nitrogens with zero attached hydrogens (tertiary/aromatic N) is 3. The summed E-state index contributed by atoms with van der Waals surface area (Å²) in [5, 5.41) is 21.6. The van der Waals surface area contributed by atoms with Crippen LogP contribution in [-0.4, -0.2) is 24.2 Å². The zero-order valence-corrected chi connectivity index (χ0v) is 10.2. The quantitative estimate of drug-likeness (QED) is 0.349. The molecule has 5 heteroatoms. The van der Waals surface area contributed by atoms with Crippen LogP contribution in [0.1, 0.15) is 0 Å². The Balaban J connectivity index is -0.0000000750. The molecule has 0 spiro atoms. The van der Waals surface area contributed by atoms with Crippen LogP contribution in [0.15, 0.2) is 0 Å². The molecule has 0 unspecified atom stereocenters. The van der Waals surface area contributed by atoms with Crippen molar-refractivity contribution in [3.63, 3.8) is 0 Å². The van der Waals surface area contributed by atoms with E-state index >= 15 is 0 Å². The minimum atomic E-state index is -1.34. The van der Waals surface area contributed by atoms with Gasteiger partial charge < -0.3 is 11.8 Å². The second-order valence-corrected chi connectivity index (χ2v) is 3.06. The molecule has 0 bridgehead atoms. The Labute approximate surface area is 82.4 Å². The van der Waals surface area contributed by atoms with Crippen molar-refractivity contribution in [2.75, 3.05) is 0 Å². The van der Waals surface area contributed by atoms with Crippen LogP contribution in [0.4, 0.5) is 0 Å². The van der Waals surface area contributed by atoms with Crippen molar-refractivity contribution >= 4 is 24.2 Å². The maximum Gasteiger partial charge on any atom is 1.00 e. The zero-order valence-electron chi connectivity index (χ0n) is 4.34. The largest absolute Gasteiger partial charge is 1.00 e. The Morgan fingerprint density at radius 2 is 1.38 bits per heavy atom. The van der Waals surface area contributed by atoms with E-state index in [1.807, 2.05) is 7.26 Å². The summed E-state index contributed by atoms with van der Waals surface area (Å²) in [5.74, 6) is 0. The van der Waals surface area contributed by atoms with E-state index in [-0.39, 0.29) is 29.6 Å². The van der Waals surface area contributed by atoms with E-state index in [9.17, 15) is 0 Å². The van der Waals surface area contributed by atoms with Gasteiger partial charge in [0, 0.05) is 0 Å². The van der Waals surface area contributed by atoms with Crippen LogP contribution in [0.25, 0.3) is 0 Å². The smallest absolute Gasteiger partial charge is 0.512 e. The Morgan fingerprint density at radius 3 is 1.38 bits per heavy atom. The first-order valence-electron chi connectivity index (χ1n) is 1.17. The van der Waals surface area contributed by atoms with E-state index < -0.39 is 24.2 Å². The summed E-state index contributed by atoms with van der Waals surface area (Å²) in [6.45, 7) is 4.75. The Bertz CT molecular complexity index is 107. The Morgan fingerprint density at radius 1 is 1.12 bits per heavy atom. The van der Waals surface area contributed by atoms with Gasteiger partial charge in [-0.1, -0.05) is 0 Å². The second kappa shape index (κ2) is 26.2. The van der Waals surface area contributed by atoms with Crippen molar-refractivity contribution < 1.29 is 29.6 Å². The average Bonchev–Trinajstić information content (AvgIpc) is 1.75. The molecule has 8 heavy (non-hydrogen) atoms. The monoisotopic (exact) mass is 309 g/mol. The van der Waals surface area contributed by atoms with Crippen LogP contribution in [-0.2, 0) is 0 Å². The first-order valence-corrected chi connectivity index (χ1v) is 5.06. The molecule has 2 radical (unpaired) electrons. The normalized spacial score (nSPS) is 3.00. The van der Waals surface area contributed by atoms with Crippen molar-refractivity contribution in [1.29, 1.82) is 15.8 Å². The van der Waals surface area contributed by atoms with E-state index in [1.165, 1.54) is 0 Å². The van der Waals surface area contributed by atoms with Crippen LogP contribution in [0.2, 0.25) is 0 Å². The molecule has 3 nitrogen and oxygen atoms in total. The SMILES string of the molecule is N#[C][Pb][C]#N.[C-]#N.[Na+]. The van der Waals surface area contributed by atoms with Crippen molar-refractivity contribution in [1.82, 2.24) is 0 Å². The molecule has 0 rings (SSSR count). The van der Waals surface area contributed by atoms with E-state index in [0.29, 0.717) is 0 Å². The van der Waals surface area contributed by atoms with Crippen LogP contribution in [0.3, 0.4) is 0 Å². The van der Waals surface area contributed by atoms with Gasteiger partial charge in [0.2, 0.25) is 0 Å². The van der Waals surface area contributed by atoms with Gasteiger partial charge in [0.1, 0.15) is 0 Å². The number of rotatable bonds is 0. The van der Waals surface area contributed by atoms with Crippen LogP contribution < -0.4 is 29.6 Å². The van der Waals surface area contributed by atoms with E-state index in [0.717, 1.165) is 0 Å². The number of nitriles is 2. The fourth-order valence-electron chi connectivity index (χ4n) is 0.0250. The van der Waals surface area contributed by atoms with Gasteiger partial charge in [-0.3, -0.25) is 0 Å². The molecular formula is C3N3NaPb. The molecule has 0 aliphatic heterocycles. The van der Waals surface area contributed by atoms with E-state index in [4.69, 9.17) is 22.4 Å². The number of hydrogen-bond acceptors (Lipinski definition) is 3. The van der Waals surface area contributed by atoms with Gasteiger partial charge in [0.15, 0.2) is 0 Å². The zero-order chi connectivity index (χ0) is 6.12. The summed E-state index contributed by atoms with van der Waals surface area (Å²) in [4.78, 5) is 0. The van der Waals surface area contributed by atoms with Gasteiger partial charge in [-0.2, -0.15) is 0 Å². The summed E-state index contributed by atoms with van der Waals surface area (Å²) in [5.41, 5.74) is 0. The minimum absolute atomic E-state index is 0. The third kappa shape index (κ3) is 32.5.